The lowest BCUT2D eigenvalue weighted by Crippen LogP contribution is -2.31. The molecule has 0 aliphatic heterocycles. The molecule has 1 aromatic rings. The van der Waals surface area contributed by atoms with E-state index in [1.165, 1.54) is 0 Å². The minimum absolute atomic E-state index is 0.178. The van der Waals surface area contributed by atoms with Gasteiger partial charge in [-0.1, -0.05) is 25.1 Å². The lowest BCUT2D eigenvalue weighted by atomic mass is 10.1. The van der Waals surface area contributed by atoms with Crippen LogP contribution < -0.4 is 10.1 Å². The molecule has 0 heterocycles. The number of hydrogen-bond acceptors (Lipinski definition) is 2. The molecule has 0 aromatic heterocycles. The van der Waals surface area contributed by atoms with E-state index in [2.05, 4.69) is 5.32 Å². The highest BCUT2D eigenvalue weighted by Gasteiger charge is 2.25. The van der Waals surface area contributed by atoms with Crippen LogP contribution in [0.2, 0.25) is 0 Å². The van der Waals surface area contributed by atoms with Crippen LogP contribution in [0, 0.1) is 0 Å². The van der Waals surface area contributed by atoms with Gasteiger partial charge in [-0.2, -0.15) is 13.2 Å². The van der Waals surface area contributed by atoms with Crippen LogP contribution >= 0.6 is 0 Å². The van der Waals surface area contributed by atoms with Gasteiger partial charge in [0.2, 0.25) is 0 Å². The third-order valence-corrected chi connectivity index (χ3v) is 2.22. The normalized spacial score (nSPS) is 11.5. The van der Waals surface area contributed by atoms with Crippen LogP contribution in [0.15, 0.2) is 24.3 Å². The van der Waals surface area contributed by atoms with Crippen molar-refractivity contribution in [1.82, 2.24) is 5.32 Å². The Balaban J connectivity index is 2.27. The number of hydrogen-bond donors (Lipinski definition) is 1. The van der Waals surface area contributed by atoms with Gasteiger partial charge in [0.25, 0.3) is 0 Å². The van der Waals surface area contributed by atoms with Gasteiger partial charge in [0.05, 0.1) is 6.54 Å². The smallest absolute Gasteiger partial charge is 0.401 e. The van der Waals surface area contributed by atoms with Crippen LogP contribution in [-0.2, 0) is 6.42 Å². The quantitative estimate of drug-likeness (QED) is 0.780. The second-order valence-corrected chi connectivity index (χ2v) is 3.60. The van der Waals surface area contributed by atoms with Crippen LogP contribution in [0.25, 0.3) is 0 Å². The van der Waals surface area contributed by atoms with E-state index in [-0.39, 0.29) is 13.2 Å². The summed E-state index contributed by atoms with van der Waals surface area (Å²) >= 11 is 0. The molecule has 0 saturated carbocycles. The molecule has 0 amide bonds. The molecule has 0 radical (unpaired) electrons. The highest BCUT2D eigenvalue weighted by atomic mass is 19.4. The summed E-state index contributed by atoms with van der Waals surface area (Å²) in [5, 5.41) is 2.28. The van der Waals surface area contributed by atoms with E-state index in [0.717, 1.165) is 17.7 Å². The first-order valence-electron chi connectivity index (χ1n) is 5.51. The summed E-state index contributed by atoms with van der Waals surface area (Å²) in [6, 6.07) is 7.52. The zero-order chi connectivity index (χ0) is 12.7. The fourth-order valence-electron chi connectivity index (χ4n) is 1.40. The number of alkyl halides is 3. The van der Waals surface area contributed by atoms with Gasteiger partial charge in [-0.05, 0) is 18.1 Å². The molecule has 5 heteroatoms. The molecule has 0 fully saturated rings. The van der Waals surface area contributed by atoms with Crippen molar-refractivity contribution in [3.05, 3.63) is 29.8 Å². The number of halogens is 3. The SMILES string of the molecule is CCc1ccccc1OCCNCC(F)(F)F. The highest BCUT2D eigenvalue weighted by Crippen LogP contribution is 2.18. The number of aryl methyl sites for hydroxylation is 1. The predicted octanol–water partition coefficient (Wildman–Crippen LogP) is 2.78. The van der Waals surface area contributed by atoms with Crippen LogP contribution in [-0.4, -0.2) is 25.9 Å². The first kappa shape index (κ1) is 13.8. The molecule has 0 unspecified atom stereocenters. The third-order valence-electron chi connectivity index (χ3n) is 2.22. The van der Waals surface area contributed by atoms with Crippen molar-refractivity contribution in [2.75, 3.05) is 19.7 Å². The van der Waals surface area contributed by atoms with Gasteiger partial charge >= 0.3 is 6.18 Å². The molecule has 1 N–H and O–H groups in total. The maximum atomic E-state index is 11.8. The van der Waals surface area contributed by atoms with E-state index in [9.17, 15) is 13.2 Å². The largest absolute Gasteiger partial charge is 0.492 e. The highest BCUT2D eigenvalue weighted by molar-refractivity contribution is 5.33. The first-order valence-corrected chi connectivity index (χ1v) is 5.51. The lowest BCUT2D eigenvalue weighted by Gasteiger charge is -2.11. The molecule has 0 aliphatic rings. The summed E-state index contributed by atoms with van der Waals surface area (Å²) in [5.74, 6) is 0.740. The summed E-state index contributed by atoms with van der Waals surface area (Å²) in [6.45, 7) is 1.43. The fraction of sp³-hybridized carbons (Fsp3) is 0.500. The van der Waals surface area contributed by atoms with Gasteiger partial charge in [-0.3, -0.25) is 0 Å². The monoisotopic (exact) mass is 247 g/mol. The van der Waals surface area contributed by atoms with E-state index in [0.29, 0.717) is 0 Å². The second kappa shape index (κ2) is 6.49. The number of ether oxygens (including phenoxy) is 1. The zero-order valence-electron chi connectivity index (χ0n) is 9.68. The summed E-state index contributed by atoms with van der Waals surface area (Å²) in [6.07, 6.45) is -3.33. The average molecular weight is 247 g/mol. The van der Waals surface area contributed by atoms with Crippen LogP contribution in [0.1, 0.15) is 12.5 Å². The Hall–Kier alpha value is -1.23. The van der Waals surface area contributed by atoms with Crippen molar-refractivity contribution in [2.24, 2.45) is 0 Å². The molecular weight excluding hydrogens is 231 g/mol. The Morgan fingerprint density at radius 2 is 1.94 bits per heavy atom. The van der Waals surface area contributed by atoms with Gasteiger partial charge in [0, 0.05) is 6.54 Å². The van der Waals surface area contributed by atoms with Gasteiger partial charge in [0.1, 0.15) is 12.4 Å². The molecule has 96 valence electrons. The topological polar surface area (TPSA) is 21.3 Å². The van der Waals surface area contributed by atoms with Crippen molar-refractivity contribution in [1.29, 1.82) is 0 Å². The maximum absolute atomic E-state index is 11.8. The molecular formula is C12H16F3NO. The molecule has 2 nitrogen and oxygen atoms in total. The van der Waals surface area contributed by atoms with E-state index >= 15 is 0 Å². The molecule has 17 heavy (non-hydrogen) atoms. The summed E-state index contributed by atoms with van der Waals surface area (Å²) in [5.41, 5.74) is 1.06. The van der Waals surface area contributed by atoms with Crippen molar-refractivity contribution in [3.63, 3.8) is 0 Å². The molecule has 0 aliphatic carbocycles. The number of benzene rings is 1. The minimum atomic E-state index is -4.17. The van der Waals surface area contributed by atoms with Crippen LogP contribution in [0.5, 0.6) is 5.75 Å². The van der Waals surface area contributed by atoms with Gasteiger partial charge in [-0.25, -0.2) is 0 Å². The molecule has 0 atom stereocenters. The minimum Gasteiger partial charge on any atom is -0.492 e. The molecule has 0 saturated heterocycles. The Labute approximate surface area is 98.8 Å². The van der Waals surface area contributed by atoms with Crippen molar-refractivity contribution in [3.8, 4) is 5.75 Å². The van der Waals surface area contributed by atoms with E-state index in [4.69, 9.17) is 4.74 Å². The Morgan fingerprint density at radius 1 is 1.24 bits per heavy atom. The standard InChI is InChI=1S/C12H16F3NO/c1-2-10-5-3-4-6-11(10)17-8-7-16-9-12(13,14)15/h3-6,16H,2,7-9H2,1H3. The van der Waals surface area contributed by atoms with Crippen molar-refractivity contribution < 1.29 is 17.9 Å². The van der Waals surface area contributed by atoms with E-state index in [1.54, 1.807) is 0 Å². The summed E-state index contributed by atoms with van der Waals surface area (Å²) in [7, 11) is 0. The summed E-state index contributed by atoms with van der Waals surface area (Å²) < 4.78 is 40.9. The van der Waals surface area contributed by atoms with E-state index in [1.807, 2.05) is 31.2 Å². The Morgan fingerprint density at radius 3 is 2.59 bits per heavy atom. The number of rotatable bonds is 6. The average Bonchev–Trinajstić information content (AvgIpc) is 2.27. The zero-order valence-corrected chi connectivity index (χ0v) is 9.68. The van der Waals surface area contributed by atoms with Gasteiger partial charge in [0.15, 0.2) is 0 Å². The number of nitrogens with one attached hydrogen (secondary N) is 1. The van der Waals surface area contributed by atoms with Gasteiger partial charge < -0.3 is 10.1 Å². The van der Waals surface area contributed by atoms with Crippen molar-refractivity contribution in [2.45, 2.75) is 19.5 Å². The molecule has 1 aromatic carbocycles. The van der Waals surface area contributed by atoms with Gasteiger partial charge in [-0.15, -0.1) is 0 Å². The second-order valence-electron chi connectivity index (χ2n) is 3.60. The maximum Gasteiger partial charge on any atom is 0.401 e. The summed E-state index contributed by atoms with van der Waals surface area (Å²) in [4.78, 5) is 0. The van der Waals surface area contributed by atoms with Crippen molar-refractivity contribution >= 4 is 0 Å². The first-order chi connectivity index (χ1) is 8.03. The molecule has 0 bridgehead atoms. The van der Waals surface area contributed by atoms with Crippen LogP contribution in [0.3, 0.4) is 0 Å². The Kier molecular flexibility index (Phi) is 5.28. The van der Waals surface area contributed by atoms with Crippen LogP contribution in [0.4, 0.5) is 13.2 Å². The lowest BCUT2D eigenvalue weighted by molar-refractivity contribution is -0.124. The third kappa shape index (κ3) is 5.58. The fourth-order valence-corrected chi connectivity index (χ4v) is 1.40. The number of para-hydroxylation sites is 1. The molecule has 1 rings (SSSR count). The Bertz CT molecular complexity index is 339. The van der Waals surface area contributed by atoms with E-state index < -0.39 is 12.7 Å². The predicted molar refractivity (Wildman–Crippen MR) is 60.2 cm³/mol. The molecule has 0 spiro atoms.